The largest absolute Gasteiger partial charge is 0.460 e. The molecule has 0 saturated carbocycles. The first-order valence-corrected chi connectivity index (χ1v) is 5.26. The first-order chi connectivity index (χ1) is 6.54. The van der Waals surface area contributed by atoms with E-state index in [-0.39, 0.29) is 12.2 Å². The third kappa shape index (κ3) is 24.6. The highest BCUT2D eigenvalue weighted by molar-refractivity contribution is 5.94. The summed E-state index contributed by atoms with van der Waals surface area (Å²) in [6, 6.07) is 0. The van der Waals surface area contributed by atoms with Crippen LogP contribution in [0.25, 0.3) is 0 Å². The van der Waals surface area contributed by atoms with E-state index in [1.165, 1.54) is 6.92 Å². The second-order valence-corrected chi connectivity index (χ2v) is 5.20. The summed E-state index contributed by atoms with van der Waals surface area (Å²) in [5.41, 5.74) is -0.494. The summed E-state index contributed by atoms with van der Waals surface area (Å²) in [5.74, 6) is 0.212. The Balaban J connectivity index is 0. The Morgan fingerprint density at radius 1 is 1.13 bits per heavy atom. The van der Waals surface area contributed by atoms with E-state index in [0.717, 1.165) is 5.92 Å². The van der Waals surface area contributed by atoms with E-state index in [9.17, 15) is 9.59 Å². The first-order valence-electron chi connectivity index (χ1n) is 5.26. The van der Waals surface area contributed by atoms with Crippen LogP contribution in [0.2, 0.25) is 0 Å². The van der Waals surface area contributed by atoms with Crippen molar-refractivity contribution in [3.63, 3.8) is 0 Å². The minimum Gasteiger partial charge on any atom is -0.460 e. The van der Waals surface area contributed by atoms with Gasteiger partial charge in [-0.05, 0) is 33.6 Å². The first kappa shape index (κ1) is 16.6. The van der Waals surface area contributed by atoms with Crippen LogP contribution in [0.5, 0.6) is 0 Å². The van der Waals surface area contributed by atoms with Crippen molar-refractivity contribution < 1.29 is 14.3 Å². The fourth-order valence-corrected chi connectivity index (χ4v) is 0.581. The number of carbonyl (C=O) groups is 2. The van der Waals surface area contributed by atoms with Gasteiger partial charge in [0.25, 0.3) is 0 Å². The van der Waals surface area contributed by atoms with E-state index in [2.05, 4.69) is 20.8 Å². The molecule has 0 bridgehead atoms. The van der Waals surface area contributed by atoms with Crippen LogP contribution in [-0.2, 0) is 14.3 Å². The minimum absolute atomic E-state index is 0.128. The molecular weight excluding hydrogens is 192 g/mol. The molecular formula is C12H24O3. The highest BCUT2D eigenvalue weighted by Gasteiger charge is 2.16. The Morgan fingerprint density at radius 3 is 1.67 bits per heavy atom. The number of carbonyl (C=O) groups excluding carboxylic acids is 2. The molecule has 0 N–H and O–H groups in total. The molecule has 0 heterocycles. The monoisotopic (exact) mass is 216 g/mol. The molecule has 0 aliphatic rings. The van der Waals surface area contributed by atoms with Crippen LogP contribution >= 0.6 is 0 Å². The maximum Gasteiger partial charge on any atom is 0.313 e. The van der Waals surface area contributed by atoms with Crippen LogP contribution in [0, 0.1) is 5.92 Å². The fraction of sp³-hybridized carbons (Fsp3) is 0.833. The van der Waals surface area contributed by atoms with Crippen molar-refractivity contribution in [3.8, 4) is 0 Å². The second-order valence-electron chi connectivity index (χ2n) is 5.20. The lowest BCUT2D eigenvalue weighted by Crippen LogP contribution is -2.24. The second kappa shape index (κ2) is 7.43. The average molecular weight is 216 g/mol. The van der Waals surface area contributed by atoms with Gasteiger partial charge in [0.2, 0.25) is 0 Å². The minimum atomic E-state index is -0.494. The number of hydrogen-bond donors (Lipinski definition) is 0. The van der Waals surface area contributed by atoms with Gasteiger partial charge in [0.1, 0.15) is 17.8 Å². The molecule has 0 saturated heterocycles. The molecule has 0 spiro atoms. The lowest BCUT2D eigenvalue weighted by atomic mass is 10.2. The lowest BCUT2D eigenvalue weighted by Gasteiger charge is -2.18. The Morgan fingerprint density at radius 2 is 1.47 bits per heavy atom. The molecule has 0 amide bonds. The van der Waals surface area contributed by atoms with Gasteiger partial charge in [-0.2, -0.15) is 0 Å². The van der Waals surface area contributed by atoms with E-state index in [1.54, 1.807) is 20.8 Å². The van der Waals surface area contributed by atoms with Crippen LogP contribution in [0.4, 0.5) is 0 Å². The molecule has 15 heavy (non-hydrogen) atoms. The number of ether oxygens (including phenoxy) is 1. The van der Waals surface area contributed by atoms with Crippen LogP contribution in [0.15, 0.2) is 0 Å². The van der Waals surface area contributed by atoms with Gasteiger partial charge in [-0.15, -0.1) is 0 Å². The topological polar surface area (TPSA) is 43.4 Å². The van der Waals surface area contributed by atoms with E-state index >= 15 is 0 Å². The van der Waals surface area contributed by atoms with E-state index in [4.69, 9.17) is 4.74 Å². The molecule has 0 aromatic rings. The quantitative estimate of drug-likeness (QED) is 0.526. The highest BCUT2D eigenvalue weighted by atomic mass is 16.6. The SMILES string of the molecule is CC(=O)CC(=O)OC(C)(C)C.CC(C)C. The standard InChI is InChI=1S/C8H14O3.C4H10/c1-6(9)5-7(10)11-8(2,3)4;1-4(2)3/h5H2,1-4H3;4H,1-3H3. The van der Waals surface area contributed by atoms with Gasteiger partial charge in [0.05, 0.1) is 0 Å². The molecule has 0 aromatic carbocycles. The van der Waals surface area contributed by atoms with Gasteiger partial charge in [-0.1, -0.05) is 20.8 Å². The number of Topliss-reactive ketones (excluding diaryl/α,β-unsaturated/α-hetero) is 1. The van der Waals surface area contributed by atoms with E-state index < -0.39 is 11.6 Å². The molecule has 0 atom stereocenters. The summed E-state index contributed by atoms with van der Waals surface area (Å²) in [6.07, 6.45) is -0.128. The van der Waals surface area contributed by atoms with Gasteiger partial charge in [0, 0.05) is 0 Å². The Bertz CT molecular complexity index is 197. The highest BCUT2D eigenvalue weighted by Crippen LogP contribution is 2.07. The molecule has 0 aliphatic heterocycles. The third-order valence-electron chi connectivity index (χ3n) is 0.813. The average Bonchev–Trinajstić information content (AvgIpc) is 1.76. The summed E-state index contributed by atoms with van der Waals surface area (Å²) < 4.78 is 4.89. The molecule has 0 aromatic heterocycles. The van der Waals surface area contributed by atoms with Crippen LogP contribution < -0.4 is 0 Å². The molecule has 3 nitrogen and oxygen atoms in total. The van der Waals surface area contributed by atoms with E-state index in [1.807, 2.05) is 0 Å². The third-order valence-corrected chi connectivity index (χ3v) is 0.813. The summed E-state index contributed by atoms with van der Waals surface area (Å²) in [6.45, 7) is 13.2. The summed E-state index contributed by atoms with van der Waals surface area (Å²) >= 11 is 0. The van der Waals surface area contributed by atoms with Crippen molar-refractivity contribution in [2.24, 2.45) is 5.92 Å². The van der Waals surface area contributed by atoms with E-state index in [0.29, 0.717) is 0 Å². The molecule has 90 valence electrons. The summed E-state index contributed by atoms with van der Waals surface area (Å²) in [4.78, 5) is 21.3. The number of ketones is 1. The number of esters is 1. The normalized spacial score (nSPS) is 10.4. The van der Waals surface area contributed by atoms with Crippen molar-refractivity contribution in [2.75, 3.05) is 0 Å². The zero-order valence-electron chi connectivity index (χ0n) is 11.0. The predicted octanol–water partition coefficient (Wildman–Crippen LogP) is 2.97. The van der Waals surface area contributed by atoms with Gasteiger partial charge < -0.3 is 4.74 Å². The molecule has 0 aliphatic carbocycles. The van der Waals surface area contributed by atoms with Crippen LogP contribution in [-0.4, -0.2) is 17.4 Å². The van der Waals surface area contributed by atoms with Gasteiger partial charge >= 0.3 is 5.97 Å². The summed E-state index contributed by atoms with van der Waals surface area (Å²) in [7, 11) is 0. The molecule has 3 heteroatoms. The maximum atomic E-state index is 10.8. The Hall–Kier alpha value is -0.860. The molecule has 0 radical (unpaired) electrons. The number of rotatable bonds is 2. The number of hydrogen-bond acceptors (Lipinski definition) is 3. The van der Waals surface area contributed by atoms with Gasteiger partial charge in [0.15, 0.2) is 0 Å². The zero-order chi connectivity index (χ0) is 12.6. The fourth-order valence-electron chi connectivity index (χ4n) is 0.581. The maximum absolute atomic E-state index is 10.8. The Kier molecular flexibility index (Phi) is 8.21. The zero-order valence-corrected chi connectivity index (χ0v) is 11.0. The predicted molar refractivity (Wildman–Crippen MR) is 61.7 cm³/mol. The smallest absolute Gasteiger partial charge is 0.313 e. The molecule has 0 fully saturated rings. The van der Waals surface area contributed by atoms with Crippen molar-refractivity contribution >= 4 is 11.8 Å². The molecule has 0 rings (SSSR count). The molecule has 0 unspecified atom stereocenters. The van der Waals surface area contributed by atoms with Crippen molar-refractivity contribution in [3.05, 3.63) is 0 Å². The Labute approximate surface area is 93.2 Å². The van der Waals surface area contributed by atoms with Crippen LogP contribution in [0.1, 0.15) is 54.9 Å². The van der Waals surface area contributed by atoms with Crippen LogP contribution in [0.3, 0.4) is 0 Å². The lowest BCUT2D eigenvalue weighted by molar-refractivity contribution is -0.155. The van der Waals surface area contributed by atoms with Crippen molar-refractivity contribution in [1.82, 2.24) is 0 Å². The van der Waals surface area contributed by atoms with Crippen molar-refractivity contribution in [2.45, 2.75) is 60.5 Å². The summed E-state index contributed by atoms with van der Waals surface area (Å²) in [5, 5.41) is 0. The van der Waals surface area contributed by atoms with Crippen molar-refractivity contribution in [1.29, 1.82) is 0 Å². The van der Waals surface area contributed by atoms with Gasteiger partial charge in [-0.3, -0.25) is 9.59 Å². The van der Waals surface area contributed by atoms with Gasteiger partial charge in [-0.25, -0.2) is 0 Å².